The third kappa shape index (κ3) is 2.34. The smallest absolute Gasteiger partial charge is 0.270 e. The standard InChI is InChI=1S/C14H9ClN2O4S/c15-9-4-5-13-12(6-9)14(8-16-13)22(20,21)11-3-1-2-10(7-11)17(18)19/h1-8,16H. The van der Waals surface area contributed by atoms with Crippen molar-refractivity contribution in [2.45, 2.75) is 9.79 Å². The van der Waals surface area contributed by atoms with Crippen molar-refractivity contribution < 1.29 is 13.3 Å². The lowest BCUT2D eigenvalue weighted by Crippen LogP contribution is -2.02. The van der Waals surface area contributed by atoms with Gasteiger partial charge in [0.25, 0.3) is 5.69 Å². The summed E-state index contributed by atoms with van der Waals surface area (Å²) in [6.45, 7) is 0. The van der Waals surface area contributed by atoms with Crippen LogP contribution in [0.3, 0.4) is 0 Å². The maximum Gasteiger partial charge on any atom is 0.270 e. The molecule has 0 unspecified atom stereocenters. The molecular weight excluding hydrogens is 328 g/mol. The van der Waals surface area contributed by atoms with E-state index in [1.165, 1.54) is 30.5 Å². The van der Waals surface area contributed by atoms with Gasteiger partial charge in [0, 0.05) is 34.3 Å². The molecule has 0 saturated heterocycles. The van der Waals surface area contributed by atoms with Gasteiger partial charge in [-0.25, -0.2) is 8.42 Å². The van der Waals surface area contributed by atoms with E-state index in [1.54, 1.807) is 12.1 Å². The van der Waals surface area contributed by atoms with E-state index < -0.39 is 14.8 Å². The first kappa shape index (κ1) is 14.6. The Bertz CT molecular complexity index is 995. The number of hydrogen-bond donors (Lipinski definition) is 1. The molecule has 0 aliphatic carbocycles. The summed E-state index contributed by atoms with van der Waals surface area (Å²) in [6, 6.07) is 9.80. The van der Waals surface area contributed by atoms with Crippen LogP contribution in [-0.4, -0.2) is 18.3 Å². The summed E-state index contributed by atoms with van der Waals surface area (Å²) in [6.07, 6.45) is 1.36. The highest BCUT2D eigenvalue weighted by Gasteiger charge is 2.23. The zero-order valence-corrected chi connectivity index (χ0v) is 12.6. The summed E-state index contributed by atoms with van der Waals surface area (Å²) in [7, 11) is -3.89. The quantitative estimate of drug-likeness (QED) is 0.584. The van der Waals surface area contributed by atoms with E-state index in [4.69, 9.17) is 11.6 Å². The lowest BCUT2D eigenvalue weighted by atomic mass is 10.2. The molecule has 112 valence electrons. The van der Waals surface area contributed by atoms with Crippen molar-refractivity contribution in [3.63, 3.8) is 0 Å². The highest BCUT2D eigenvalue weighted by atomic mass is 35.5. The fourth-order valence-electron chi connectivity index (χ4n) is 2.18. The predicted octanol–water partition coefficient (Wildman–Crippen LogP) is 3.56. The molecule has 0 aliphatic heterocycles. The second-order valence-corrected chi connectivity index (χ2v) is 6.96. The summed E-state index contributed by atoms with van der Waals surface area (Å²) in [5.74, 6) is 0. The van der Waals surface area contributed by atoms with Crippen molar-refractivity contribution >= 4 is 38.0 Å². The van der Waals surface area contributed by atoms with Gasteiger partial charge in [0.15, 0.2) is 0 Å². The van der Waals surface area contributed by atoms with Crippen LogP contribution in [0.2, 0.25) is 5.02 Å². The minimum atomic E-state index is -3.89. The fourth-order valence-corrected chi connectivity index (χ4v) is 3.81. The van der Waals surface area contributed by atoms with Gasteiger partial charge in [-0.05, 0) is 24.3 Å². The van der Waals surface area contributed by atoms with Crippen molar-refractivity contribution in [1.29, 1.82) is 0 Å². The predicted molar refractivity (Wildman–Crippen MR) is 81.9 cm³/mol. The van der Waals surface area contributed by atoms with Gasteiger partial charge < -0.3 is 4.98 Å². The highest BCUT2D eigenvalue weighted by Crippen LogP contribution is 2.31. The monoisotopic (exact) mass is 336 g/mol. The number of hydrogen-bond acceptors (Lipinski definition) is 4. The number of benzene rings is 2. The van der Waals surface area contributed by atoms with Crippen LogP contribution < -0.4 is 0 Å². The van der Waals surface area contributed by atoms with Gasteiger partial charge in [-0.15, -0.1) is 0 Å². The van der Waals surface area contributed by atoms with Crippen molar-refractivity contribution in [1.82, 2.24) is 4.98 Å². The van der Waals surface area contributed by atoms with E-state index in [0.29, 0.717) is 15.9 Å². The van der Waals surface area contributed by atoms with Crippen LogP contribution in [0.4, 0.5) is 5.69 Å². The Labute approximate surface area is 130 Å². The second-order valence-electron chi connectivity index (χ2n) is 4.60. The molecule has 0 bridgehead atoms. The molecule has 6 nitrogen and oxygen atoms in total. The van der Waals surface area contributed by atoms with Gasteiger partial charge in [-0.3, -0.25) is 10.1 Å². The summed E-state index contributed by atoms with van der Waals surface area (Å²) < 4.78 is 25.4. The van der Waals surface area contributed by atoms with E-state index >= 15 is 0 Å². The lowest BCUT2D eigenvalue weighted by Gasteiger charge is -2.03. The topological polar surface area (TPSA) is 93.1 Å². The minimum absolute atomic E-state index is 0.0329. The van der Waals surface area contributed by atoms with Gasteiger partial charge in [-0.1, -0.05) is 17.7 Å². The molecule has 0 aliphatic rings. The zero-order valence-electron chi connectivity index (χ0n) is 11.0. The van der Waals surface area contributed by atoms with Crippen LogP contribution in [0.1, 0.15) is 0 Å². The van der Waals surface area contributed by atoms with Crippen molar-refractivity contribution in [3.8, 4) is 0 Å². The maximum absolute atomic E-state index is 12.7. The number of non-ortho nitro benzene ring substituents is 1. The Morgan fingerprint density at radius 2 is 1.91 bits per heavy atom. The van der Waals surface area contributed by atoms with Crippen LogP contribution in [0.25, 0.3) is 10.9 Å². The van der Waals surface area contributed by atoms with Crippen LogP contribution in [0.15, 0.2) is 58.5 Å². The molecule has 2 aromatic carbocycles. The Balaban J connectivity index is 2.22. The summed E-state index contributed by atoms with van der Waals surface area (Å²) >= 11 is 5.91. The molecule has 8 heteroatoms. The number of sulfone groups is 1. The number of halogens is 1. The van der Waals surface area contributed by atoms with Crippen molar-refractivity contribution in [2.75, 3.05) is 0 Å². The highest BCUT2D eigenvalue weighted by molar-refractivity contribution is 7.91. The van der Waals surface area contributed by atoms with Crippen LogP contribution >= 0.6 is 11.6 Å². The Morgan fingerprint density at radius 3 is 2.64 bits per heavy atom. The first-order valence-electron chi connectivity index (χ1n) is 6.16. The number of nitrogens with one attached hydrogen (secondary N) is 1. The summed E-state index contributed by atoms with van der Waals surface area (Å²) in [5, 5.41) is 11.7. The largest absolute Gasteiger partial charge is 0.360 e. The van der Waals surface area contributed by atoms with E-state index in [1.807, 2.05) is 0 Å². The number of H-pyrrole nitrogens is 1. The molecule has 1 N–H and O–H groups in total. The van der Waals surface area contributed by atoms with Gasteiger partial charge in [0.2, 0.25) is 9.84 Å². The van der Waals surface area contributed by atoms with E-state index in [9.17, 15) is 18.5 Å². The van der Waals surface area contributed by atoms with Gasteiger partial charge in [0.1, 0.15) is 0 Å². The van der Waals surface area contributed by atoms with E-state index in [-0.39, 0.29) is 15.5 Å². The average molecular weight is 337 g/mol. The van der Waals surface area contributed by atoms with E-state index in [0.717, 1.165) is 6.07 Å². The molecule has 1 aromatic heterocycles. The number of nitro groups is 1. The number of aromatic nitrogens is 1. The first-order chi connectivity index (χ1) is 10.4. The molecule has 0 radical (unpaired) electrons. The molecule has 3 rings (SSSR count). The third-order valence-electron chi connectivity index (χ3n) is 3.23. The summed E-state index contributed by atoms with van der Waals surface area (Å²) in [5.41, 5.74) is 0.340. The average Bonchev–Trinajstić information content (AvgIpc) is 2.91. The van der Waals surface area contributed by atoms with Gasteiger partial charge >= 0.3 is 0 Å². The van der Waals surface area contributed by atoms with Crippen molar-refractivity contribution in [2.24, 2.45) is 0 Å². The van der Waals surface area contributed by atoms with E-state index in [2.05, 4.69) is 4.98 Å². The number of nitro benzene ring substituents is 1. The van der Waals surface area contributed by atoms with Crippen molar-refractivity contribution in [3.05, 3.63) is 63.8 Å². The SMILES string of the molecule is O=[N+]([O-])c1cccc(S(=O)(=O)c2c[nH]c3ccc(Cl)cc23)c1. The molecule has 0 amide bonds. The lowest BCUT2D eigenvalue weighted by molar-refractivity contribution is -0.385. The first-order valence-corrected chi connectivity index (χ1v) is 8.02. The number of rotatable bonds is 3. The second kappa shape index (κ2) is 5.11. The molecule has 0 fully saturated rings. The van der Waals surface area contributed by atoms with Gasteiger partial charge in [-0.2, -0.15) is 0 Å². The molecular formula is C14H9ClN2O4S. The Hall–Kier alpha value is -2.38. The number of nitrogens with zero attached hydrogens (tertiary/aromatic N) is 1. The molecule has 0 atom stereocenters. The molecule has 0 spiro atoms. The zero-order chi connectivity index (χ0) is 15.9. The maximum atomic E-state index is 12.7. The number of aromatic amines is 1. The molecule has 3 aromatic rings. The van der Waals surface area contributed by atoms with Crippen LogP contribution in [0, 0.1) is 10.1 Å². The number of fused-ring (bicyclic) bond motifs is 1. The Kier molecular flexibility index (Phi) is 3.38. The fraction of sp³-hybridized carbons (Fsp3) is 0. The molecule has 0 saturated carbocycles. The third-order valence-corrected chi connectivity index (χ3v) is 5.26. The minimum Gasteiger partial charge on any atom is -0.360 e. The molecule has 1 heterocycles. The summed E-state index contributed by atoms with van der Waals surface area (Å²) in [4.78, 5) is 12.9. The Morgan fingerprint density at radius 1 is 1.14 bits per heavy atom. The normalized spacial score (nSPS) is 11.7. The molecule has 22 heavy (non-hydrogen) atoms. The van der Waals surface area contributed by atoms with Gasteiger partial charge in [0.05, 0.1) is 14.7 Å². The van der Waals surface area contributed by atoms with Crippen LogP contribution in [-0.2, 0) is 9.84 Å². The van der Waals surface area contributed by atoms with Crippen LogP contribution in [0.5, 0.6) is 0 Å².